The van der Waals surface area contributed by atoms with Crippen LogP contribution in [0.25, 0.3) is 0 Å². The van der Waals surface area contributed by atoms with Gasteiger partial charge in [0, 0.05) is 39.0 Å². The number of hydrogen-bond donors (Lipinski definition) is 4. The molecule has 1 heterocycles. The predicted octanol–water partition coefficient (Wildman–Crippen LogP) is 1.25. The molecule has 8 heteroatoms. The maximum absolute atomic E-state index is 12.9. The smallest absolute Gasteiger partial charge is 0.317 e. The maximum Gasteiger partial charge on any atom is 0.317 e. The molecule has 1 radical (unpaired) electrons. The summed E-state index contributed by atoms with van der Waals surface area (Å²) in [6.07, 6.45) is 2.90. The quantitative estimate of drug-likeness (QED) is 0.562. The van der Waals surface area contributed by atoms with Crippen LogP contribution >= 0.6 is 0 Å². The highest BCUT2D eigenvalue weighted by molar-refractivity contribution is 5.90. The molecule has 1 aromatic rings. The van der Waals surface area contributed by atoms with E-state index in [1.54, 1.807) is 4.90 Å². The van der Waals surface area contributed by atoms with Gasteiger partial charge in [-0.2, -0.15) is 0 Å². The third-order valence-corrected chi connectivity index (χ3v) is 5.14. The van der Waals surface area contributed by atoms with E-state index in [0.717, 1.165) is 12.0 Å². The van der Waals surface area contributed by atoms with Crippen molar-refractivity contribution >= 4 is 17.8 Å². The Morgan fingerprint density at radius 2 is 1.77 bits per heavy atom. The molecule has 4 N–H and O–H groups in total. The number of aliphatic hydroxyl groups is 1. The van der Waals surface area contributed by atoms with Crippen molar-refractivity contribution < 1.29 is 19.5 Å². The number of urea groups is 1. The lowest BCUT2D eigenvalue weighted by molar-refractivity contribution is -0.124. The molecule has 31 heavy (non-hydrogen) atoms. The van der Waals surface area contributed by atoms with Gasteiger partial charge in [-0.05, 0) is 24.3 Å². The van der Waals surface area contributed by atoms with Crippen molar-refractivity contribution in [3.8, 4) is 0 Å². The minimum Gasteiger partial charge on any atom is -0.386 e. The molecule has 171 valence electrons. The summed E-state index contributed by atoms with van der Waals surface area (Å²) < 4.78 is 0. The summed E-state index contributed by atoms with van der Waals surface area (Å²) in [6.45, 7) is 5.54. The third kappa shape index (κ3) is 9.38. The van der Waals surface area contributed by atoms with Crippen LogP contribution < -0.4 is 16.0 Å². The van der Waals surface area contributed by atoms with E-state index in [9.17, 15) is 19.5 Å². The van der Waals surface area contributed by atoms with Gasteiger partial charge in [-0.15, -0.1) is 0 Å². The van der Waals surface area contributed by atoms with E-state index >= 15 is 0 Å². The molecular formula is C23H35N4O4. The normalized spacial score (nSPS) is 22.2. The van der Waals surface area contributed by atoms with Gasteiger partial charge in [0.2, 0.25) is 11.8 Å². The molecule has 0 bridgehead atoms. The van der Waals surface area contributed by atoms with Gasteiger partial charge in [0.25, 0.3) is 0 Å². The Hall–Kier alpha value is -2.61. The van der Waals surface area contributed by atoms with Gasteiger partial charge < -0.3 is 26.0 Å². The van der Waals surface area contributed by atoms with Crippen molar-refractivity contribution in [2.75, 3.05) is 32.7 Å². The number of benzene rings is 1. The van der Waals surface area contributed by atoms with Crippen molar-refractivity contribution in [3.63, 3.8) is 0 Å². The van der Waals surface area contributed by atoms with Gasteiger partial charge >= 0.3 is 6.03 Å². The third-order valence-electron chi connectivity index (χ3n) is 5.14. The lowest BCUT2D eigenvalue weighted by Gasteiger charge is -2.35. The molecule has 0 saturated carbocycles. The average molecular weight is 432 g/mol. The Labute approximate surface area is 184 Å². The maximum atomic E-state index is 12.9. The monoisotopic (exact) mass is 431 g/mol. The van der Waals surface area contributed by atoms with Gasteiger partial charge in [0.1, 0.15) is 5.60 Å². The van der Waals surface area contributed by atoms with Gasteiger partial charge in [-0.1, -0.05) is 44.2 Å². The molecule has 8 nitrogen and oxygen atoms in total. The molecule has 2 rings (SSSR count). The second-order valence-corrected chi connectivity index (χ2v) is 8.55. The predicted molar refractivity (Wildman–Crippen MR) is 119 cm³/mol. The summed E-state index contributed by atoms with van der Waals surface area (Å²) in [6, 6.07) is 9.23. The van der Waals surface area contributed by atoms with Crippen LogP contribution in [0.4, 0.5) is 4.79 Å². The first-order valence-electron chi connectivity index (χ1n) is 10.9. The molecule has 1 aromatic carbocycles. The molecule has 4 amide bonds. The van der Waals surface area contributed by atoms with Crippen LogP contribution in [-0.4, -0.2) is 66.2 Å². The van der Waals surface area contributed by atoms with Crippen LogP contribution in [0.2, 0.25) is 0 Å². The Morgan fingerprint density at radius 3 is 2.48 bits per heavy atom. The molecule has 0 aliphatic carbocycles. The summed E-state index contributed by atoms with van der Waals surface area (Å²) in [5.41, 5.74) is -0.452. The lowest BCUT2D eigenvalue weighted by Crippen LogP contribution is -2.55. The molecule has 0 spiro atoms. The van der Waals surface area contributed by atoms with Crippen LogP contribution in [0.3, 0.4) is 0 Å². The number of rotatable bonds is 5. The summed E-state index contributed by atoms with van der Waals surface area (Å²) in [5.74, 6) is -0.278. The van der Waals surface area contributed by atoms with Crippen molar-refractivity contribution in [3.05, 3.63) is 42.3 Å². The fourth-order valence-electron chi connectivity index (χ4n) is 3.38. The average Bonchev–Trinajstić information content (AvgIpc) is 2.73. The van der Waals surface area contributed by atoms with Crippen molar-refractivity contribution in [1.29, 1.82) is 0 Å². The molecule has 1 aliphatic heterocycles. The molecule has 1 atom stereocenters. The molecular weight excluding hydrogens is 396 g/mol. The number of amides is 4. The van der Waals surface area contributed by atoms with Crippen LogP contribution in [0.1, 0.15) is 38.7 Å². The van der Waals surface area contributed by atoms with Crippen molar-refractivity contribution in [2.24, 2.45) is 5.92 Å². The Kier molecular flexibility index (Phi) is 9.78. The SMILES string of the molecule is CC(C)CCN1CC(O)(Cc2ccccc2)CNC(=O)[CH]CC(=O)NCCCNC1=O. The number of hydrogen-bond acceptors (Lipinski definition) is 4. The standard InChI is InChI=1S/C23H35N4O4/c1-18(2)11-14-27-17-23(31,15-19-7-4-3-5-8-19)16-26-21(29)10-9-20(28)24-12-6-13-25-22(27)30/h3-5,7-8,10,18,31H,6,9,11-17H2,1-2H3,(H,24,28)(H,25,30)(H,26,29). The highest BCUT2D eigenvalue weighted by atomic mass is 16.3. The Balaban J connectivity index is 2.22. The van der Waals surface area contributed by atoms with Gasteiger partial charge in [0.15, 0.2) is 0 Å². The summed E-state index contributed by atoms with van der Waals surface area (Å²) in [7, 11) is 0. The molecule has 1 fully saturated rings. The Morgan fingerprint density at radius 1 is 1.06 bits per heavy atom. The zero-order valence-corrected chi connectivity index (χ0v) is 18.5. The number of carbonyl (C=O) groups excluding carboxylic acids is 3. The number of β-amino-alcohol motifs (C(OH)–C–C–N with tert-alkyl or cyclic N) is 1. The fraction of sp³-hybridized carbons (Fsp3) is 0.565. The summed E-state index contributed by atoms with van der Waals surface area (Å²) in [5, 5.41) is 19.8. The van der Waals surface area contributed by atoms with Gasteiger partial charge in [0.05, 0.1) is 13.0 Å². The van der Waals surface area contributed by atoms with Crippen LogP contribution in [-0.2, 0) is 16.0 Å². The van der Waals surface area contributed by atoms with Crippen LogP contribution in [0.5, 0.6) is 0 Å². The number of nitrogens with zero attached hydrogens (tertiary/aromatic N) is 1. The first-order valence-corrected chi connectivity index (χ1v) is 10.9. The largest absolute Gasteiger partial charge is 0.386 e. The minimum absolute atomic E-state index is 0.0319. The van der Waals surface area contributed by atoms with E-state index in [-0.39, 0.29) is 37.9 Å². The van der Waals surface area contributed by atoms with E-state index < -0.39 is 11.5 Å². The van der Waals surface area contributed by atoms with E-state index in [1.165, 1.54) is 6.42 Å². The lowest BCUT2D eigenvalue weighted by atomic mass is 9.93. The van der Waals surface area contributed by atoms with Crippen LogP contribution in [0, 0.1) is 12.3 Å². The highest BCUT2D eigenvalue weighted by Gasteiger charge is 2.32. The molecule has 1 saturated heterocycles. The summed E-state index contributed by atoms with van der Waals surface area (Å²) in [4.78, 5) is 38.5. The van der Waals surface area contributed by atoms with Gasteiger partial charge in [-0.3, -0.25) is 9.59 Å². The summed E-state index contributed by atoms with van der Waals surface area (Å²) >= 11 is 0. The van der Waals surface area contributed by atoms with E-state index in [1.807, 2.05) is 30.3 Å². The minimum atomic E-state index is -1.36. The van der Waals surface area contributed by atoms with Crippen LogP contribution in [0.15, 0.2) is 30.3 Å². The molecule has 1 aliphatic rings. The first-order chi connectivity index (χ1) is 14.8. The fourth-order valence-corrected chi connectivity index (χ4v) is 3.38. The number of carbonyl (C=O) groups is 3. The number of nitrogens with one attached hydrogen (secondary N) is 3. The highest BCUT2D eigenvalue weighted by Crippen LogP contribution is 2.17. The van der Waals surface area contributed by atoms with Crippen molar-refractivity contribution in [1.82, 2.24) is 20.9 Å². The second kappa shape index (κ2) is 12.3. The molecule has 0 aromatic heterocycles. The second-order valence-electron chi connectivity index (χ2n) is 8.55. The zero-order valence-electron chi connectivity index (χ0n) is 18.5. The molecule has 1 unspecified atom stereocenters. The van der Waals surface area contributed by atoms with E-state index in [4.69, 9.17) is 0 Å². The zero-order chi connectivity index (χ0) is 22.7. The Bertz CT molecular complexity index is 726. The topological polar surface area (TPSA) is 111 Å². The first kappa shape index (κ1) is 24.7. The van der Waals surface area contributed by atoms with Crippen molar-refractivity contribution in [2.45, 2.75) is 45.1 Å². The van der Waals surface area contributed by atoms with Gasteiger partial charge in [-0.25, -0.2) is 4.79 Å². The van der Waals surface area contributed by atoms with E-state index in [0.29, 0.717) is 32.0 Å². The van der Waals surface area contributed by atoms with E-state index in [2.05, 4.69) is 29.8 Å².